The van der Waals surface area contributed by atoms with Gasteiger partial charge in [-0.25, -0.2) is 0 Å². The maximum Gasteiger partial charge on any atom is 0.0371 e. The number of likely N-dealkylation sites (N-methyl/N-ethyl adjacent to an activating group) is 1. The molecule has 94 valence electrons. The molecule has 1 heterocycles. The van der Waals surface area contributed by atoms with Gasteiger partial charge in [0.2, 0.25) is 0 Å². The third-order valence-corrected chi connectivity index (χ3v) is 3.82. The van der Waals surface area contributed by atoms with Crippen molar-refractivity contribution in [2.75, 3.05) is 20.1 Å². The molecule has 1 aliphatic rings. The van der Waals surface area contributed by atoms with Crippen molar-refractivity contribution in [1.82, 2.24) is 10.2 Å². The molecule has 1 fully saturated rings. The van der Waals surface area contributed by atoms with E-state index in [2.05, 4.69) is 61.4 Å². The third kappa shape index (κ3) is 2.88. The van der Waals surface area contributed by atoms with E-state index >= 15 is 0 Å². The Hall–Kier alpha value is -0.860. The number of nitrogens with one attached hydrogen (secondary N) is 1. The summed E-state index contributed by atoms with van der Waals surface area (Å²) >= 11 is 0. The molecule has 17 heavy (non-hydrogen) atoms. The molecule has 0 spiro atoms. The standard InChI is InChI=1S/C15H24N2/c1-12(2)15(13-7-5-4-6-8-13)17(3)14-9-10-16-11-14/h4-8,12,14-16H,9-11H2,1-3H3. The van der Waals surface area contributed by atoms with Crippen LogP contribution in [0, 0.1) is 5.92 Å². The fraction of sp³-hybridized carbons (Fsp3) is 0.600. The lowest BCUT2D eigenvalue weighted by molar-refractivity contribution is 0.145. The summed E-state index contributed by atoms with van der Waals surface area (Å²) in [4.78, 5) is 2.56. The molecule has 2 rings (SSSR count). The molecule has 1 N–H and O–H groups in total. The van der Waals surface area contributed by atoms with Crippen LogP contribution < -0.4 is 5.32 Å². The van der Waals surface area contributed by atoms with Crippen LogP contribution in [0.15, 0.2) is 30.3 Å². The Morgan fingerprint density at radius 2 is 1.94 bits per heavy atom. The summed E-state index contributed by atoms with van der Waals surface area (Å²) in [6.45, 7) is 6.92. The minimum absolute atomic E-state index is 0.529. The predicted octanol–water partition coefficient (Wildman–Crippen LogP) is 2.68. The van der Waals surface area contributed by atoms with Gasteiger partial charge in [0.25, 0.3) is 0 Å². The van der Waals surface area contributed by atoms with Gasteiger partial charge in [0.15, 0.2) is 0 Å². The van der Waals surface area contributed by atoms with Crippen LogP contribution >= 0.6 is 0 Å². The Kier molecular flexibility index (Phi) is 4.19. The third-order valence-electron chi connectivity index (χ3n) is 3.82. The summed E-state index contributed by atoms with van der Waals surface area (Å²) in [5.74, 6) is 0.642. The van der Waals surface area contributed by atoms with Crippen LogP contribution in [0.5, 0.6) is 0 Å². The lowest BCUT2D eigenvalue weighted by atomic mass is 9.93. The lowest BCUT2D eigenvalue weighted by Gasteiger charge is -2.35. The molecule has 2 unspecified atom stereocenters. The summed E-state index contributed by atoms with van der Waals surface area (Å²) in [7, 11) is 2.27. The van der Waals surface area contributed by atoms with Gasteiger partial charge in [-0.1, -0.05) is 44.2 Å². The molecule has 2 heteroatoms. The summed E-state index contributed by atoms with van der Waals surface area (Å²) in [6.07, 6.45) is 1.27. The second-order valence-electron chi connectivity index (χ2n) is 5.41. The van der Waals surface area contributed by atoms with Crippen molar-refractivity contribution >= 4 is 0 Å². The second-order valence-corrected chi connectivity index (χ2v) is 5.41. The van der Waals surface area contributed by atoms with Gasteiger partial charge in [-0.3, -0.25) is 4.90 Å². The molecule has 0 aromatic heterocycles. The molecule has 2 nitrogen and oxygen atoms in total. The van der Waals surface area contributed by atoms with E-state index in [-0.39, 0.29) is 0 Å². The van der Waals surface area contributed by atoms with Gasteiger partial charge in [-0.15, -0.1) is 0 Å². The van der Waals surface area contributed by atoms with E-state index in [9.17, 15) is 0 Å². The Labute approximate surface area is 105 Å². The summed E-state index contributed by atoms with van der Waals surface area (Å²) in [5.41, 5.74) is 1.44. The first-order chi connectivity index (χ1) is 8.20. The Morgan fingerprint density at radius 1 is 1.24 bits per heavy atom. The smallest absolute Gasteiger partial charge is 0.0371 e. The highest BCUT2D eigenvalue weighted by atomic mass is 15.2. The first-order valence-electron chi connectivity index (χ1n) is 6.67. The number of hydrogen-bond acceptors (Lipinski definition) is 2. The molecular formula is C15H24N2. The average molecular weight is 232 g/mol. The number of rotatable bonds is 4. The van der Waals surface area contributed by atoms with Gasteiger partial charge in [0, 0.05) is 18.6 Å². The second kappa shape index (κ2) is 5.65. The molecule has 1 aromatic carbocycles. The minimum atomic E-state index is 0.529. The van der Waals surface area contributed by atoms with Crippen molar-refractivity contribution in [3.63, 3.8) is 0 Å². The van der Waals surface area contributed by atoms with Crippen LogP contribution in [0.4, 0.5) is 0 Å². The van der Waals surface area contributed by atoms with Crippen LogP contribution in [0.3, 0.4) is 0 Å². The van der Waals surface area contributed by atoms with Crippen molar-refractivity contribution in [1.29, 1.82) is 0 Å². The van der Waals surface area contributed by atoms with Crippen molar-refractivity contribution < 1.29 is 0 Å². The highest BCUT2D eigenvalue weighted by Gasteiger charge is 2.28. The zero-order valence-corrected chi connectivity index (χ0v) is 11.2. The van der Waals surface area contributed by atoms with E-state index in [4.69, 9.17) is 0 Å². The molecular weight excluding hydrogens is 208 g/mol. The highest BCUT2D eigenvalue weighted by molar-refractivity contribution is 5.19. The van der Waals surface area contributed by atoms with E-state index in [1.165, 1.54) is 12.0 Å². The van der Waals surface area contributed by atoms with E-state index in [0.717, 1.165) is 13.1 Å². The maximum atomic E-state index is 3.46. The fourth-order valence-corrected chi connectivity index (χ4v) is 2.95. The van der Waals surface area contributed by atoms with Crippen LogP contribution in [0.1, 0.15) is 31.9 Å². The summed E-state index contributed by atoms with van der Waals surface area (Å²) in [6, 6.07) is 12.1. The lowest BCUT2D eigenvalue weighted by Crippen LogP contribution is -2.38. The van der Waals surface area contributed by atoms with Gasteiger partial charge in [0.05, 0.1) is 0 Å². The predicted molar refractivity (Wildman–Crippen MR) is 73.1 cm³/mol. The van der Waals surface area contributed by atoms with Crippen molar-refractivity contribution in [3.8, 4) is 0 Å². The van der Waals surface area contributed by atoms with Gasteiger partial charge in [0.1, 0.15) is 0 Å². The molecule has 0 radical (unpaired) electrons. The Morgan fingerprint density at radius 3 is 2.47 bits per heavy atom. The molecule has 1 saturated heterocycles. The zero-order chi connectivity index (χ0) is 12.3. The SMILES string of the molecule is CC(C)C(c1ccccc1)N(C)C1CCNC1. The number of benzene rings is 1. The molecule has 0 bridgehead atoms. The Balaban J connectivity index is 2.17. The molecule has 0 amide bonds. The molecule has 2 atom stereocenters. The average Bonchev–Trinajstić information content (AvgIpc) is 2.83. The maximum absolute atomic E-state index is 3.46. The van der Waals surface area contributed by atoms with Gasteiger partial charge in [-0.2, -0.15) is 0 Å². The highest BCUT2D eigenvalue weighted by Crippen LogP contribution is 2.30. The van der Waals surface area contributed by atoms with Gasteiger partial charge >= 0.3 is 0 Å². The van der Waals surface area contributed by atoms with E-state index in [0.29, 0.717) is 18.0 Å². The van der Waals surface area contributed by atoms with Crippen molar-refractivity contribution in [2.24, 2.45) is 5.92 Å². The van der Waals surface area contributed by atoms with Crippen LogP contribution in [-0.2, 0) is 0 Å². The van der Waals surface area contributed by atoms with Crippen LogP contribution in [0.25, 0.3) is 0 Å². The van der Waals surface area contributed by atoms with Gasteiger partial charge in [-0.05, 0) is 31.5 Å². The topological polar surface area (TPSA) is 15.3 Å². The quantitative estimate of drug-likeness (QED) is 0.858. The van der Waals surface area contributed by atoms with E-state index in [1.54, 1.807) is 0 Å². The first kappa shape index (κ1) is 12.6. The number of nitrogens with zero attached hydrogens (tertiary/aromatic N) is 1. The normalized spacial score (nSPS) is 22.3. The van der Waals surface area contributed by atoms with Crippen LogP contribution in [-0.4, -0.2) is 31.1 Å². The first-order valence-corrected chi connectivity index (χ1v) is 6.67. The molecule has 1 aliphatic heterocycles. The molecule has 1 aromatic rings. The largest absolute Gasteiger partial charge is 0.315 e. The van der Waals surface area contributed by atoms with E-state index in [1.807, 2.05) is 0 Å². The monoisotopic (exact) mass is 232 g/mol. The van der Waals surface area contributed by atoms with E-state index < -0.39 is 0 Å². The molecule has 0 aliphatic carbocycles. The molecule has 0 saturated carbocycles. The summed E-state index contributed by atoms with van der Waals surface area (Å²) < 4.78 is 0. The van der Waals surface area contributed by atoms with Crippen LogP contribution in [0.2, 0.25) is 0 Å². The summed E-state index contributed by atoms with van der Waals surface area (Å²) in [5, 5.41) is 3.46. The van der Waals surface area contributed by atoms with Crippen molar-refractivity contribution in [2.45, 2.75) is 32.4 Å². The number of hydrogen-bond donors (Lipinski definition) is 1. The fourth-order valence-electron chi connectivity index (χ4n) is 2.95. The minimum Gasteiger partial charge on any atom is -0.315 e. The Bertz CT molecular complexity index is 328. The van der Waals surface area contributed by atoms with Crippen molar-refractivity contribution in [3.05, 3.63) is 35.9 Å². The van der Waals surface area contributed by atoms with Gasteiger partial charge < -0.3 is 5.32 Å². The zero-order valence-electron chi connectivity index (χ0n) is 11.2.